The van der Waals surface area contributed by atoms with Crippen molar-refractivity contribution in [1.82, 2.24) is 4.90 Å². The molecule has 0 aliphatic carbocycles. The van der Waals surface area contributed by atoms with E-state index < -0.39 is 5.97 Å². The zero-order valence-electron chi connectivity index (χ0n) is 14.2. The summed E-state index contributed by atoms with van der Waals surface area (Å²) in [5.74, 6) is -0.244. The van der Waals surface area contributed by atoms with Gasteiger partial charge in [-0.25, -0.2) is 0 Å². The Balaban J connectivity index is 2.11. The number of benzene rings is 1. The van der Waals surface area contributed by atoms with Crippen LogP contribution in [-0.2, 0) is 14.3 Å². The fourth-order valence-electron chi connectivity index (χ4n) is 2.19. The second-order valence-corrected chi connectivity index (χ2v) is 7.80. The van der Waals surface area contributed by atoms with Crippen molar-refractivity contribution in [2.45, 2.75) is 39.7 Å². The number of carbonyl (C=O) groups is 2. The summed E-state index contributed by atoms with van der Waals surface area (Å²) >= 11 is 6.43. The van der Waals surface area contributed by atoms with Gasteiger partial charge in [-0.15, -0.1) is 0 Å². The molecular formula is C18H21NO3S2. The number of carbonyl (C=O) groups excluding carboxylic acids is 2. The quantitative estimate of drug-likeness (QED) is 0.450. The van der Waals surface area contributed by atoms with Crippen molar-refractivity contribution < 1.29 is 14.3 Å². The standard InChI is InChI=1S/C18H21NO3S2/c1-11(2)14-7-5-13(6-8-14)9-15-17(21)19(18(23)24-15)10-16(20)22-12(3)4/h5-9,11-12H,10H2,1-4H3/b15-9-. The minimum atomic E-state index is -0.455. The Hall–Kier alpha value is -1.66. The highest BCUT2D eigenvalue weighted by Crippen LogP contribution is 2.32. The molecule has 1 aliphatic rings. The third kappa shape index (κ3) is 4.68. The highest BCUT2D eigenvalue weighted by molar-refractivity contribution is 8.26. The number of thiocarbonyl (C=S) groups is 1. The number of thioether (sulfide) groups is 1. The van der Waals surface area contributed by atoms with E-state index in [-0.39, 0.29) is 18.6 Å². The molecule has 1 saturated heterocycles. The maximum absolute atomic E-state index is 12.5. The highest BCUT2D eigenvalue weighted by Gasteiger charge is 2.33. The predicted molar refractivity (Wildman–Crippen MR) is 102 cm³/mol. The molecule has 1 aliphatic heterocycles. The lowest BCUT2D eigenvalue weighted by Crippen LogP contribution is -2.35. The van der Waals surface area contributed by atoms with Crippen molar-refractivity contribution >= 4 is 46.3 Å². The SMILES string of the molecule is CC(C)OC(=O)CN1C(=O)/C(=C/c2ccc(C(C)C)cc2)SC1=S. The van der Waals surface area contributed by atoms with Crippen LogP contribution in [0.2, 0.25) is 0 Å². The van der Waals surface area contributed by atoms with E-state index in [0.29, 0.717) is 15.1 Å². The van der Waals surface area contributed by atoms with Gasteiger partial charge in [0, 0.05) is 0 Å². The van der Waals surface area contributed by atoms with Gasteiger partial charge in [0.1, 0.15) is 10.9 Å². The summed E-state index contributed by atoms with van der Waals surface area (Å²) in [6, 6.07) is 8.07. The van der Waals surface area contributed by atoms with Crippen LogP contribution in [0, 0.1) is 0 Å². The van der Waals surface area contributed by atoms with E-state index >= 15 is 0 Å². The second kappa shape index (κ2) is 7.94. The Labute approximate surface area is 152 Å². The van der Waals surface area contributed by atoms with Gasteiger partial charge in [-0.2, -0.15) is 0 Å². The summed E-state index contributed by atoms with van der Waals surface area (Å²) < 4.78 is 5.46. The van der Waals surface area contributed by atoms with Gasteiger partial charge in [-0.3, -0.25) is 14.5 Å². The van der Waals surface area contributed by atoms with E-state index in [2.05, 4.69) is 26.0 Å². The number of amides is 1. The number of hydrogen-bond acceptors (Lipinski definition) is 5. The van der Waals surface area contributed by atoms with Gasteiger partial charge in [0.25, 0.3) is 5.91 Å². The van der Waals surface area contributed by atoms with E-state index in [4.69, 9.17) is 17.0 Å². The van der Waals surface area contributed by atoms with Crippen molar-refractivity contribution in [3.63, 3.8) is 0 Å². The average Bonchev–Trinajstić information content (AvgIpc) is 2.74. The van der Waals surface area contributed by atoms with Crippen LogP contribution in [0.1, 0.15) is 44.7 Å². The number of esters is 1. The maximum atomic E-state index is 12.5. The van der Waals surface area contributed by atoms with E-state index in [1.807, 2.05) is 12.1 Å². The summed E-state index contributed by atoms with van der Waals surface area (Å²) in [4.78, 5) is 26.0. The summed E-state index contributed by atoms with van der Waals surface area (Å²) in [5, 5.41) is 0. The first-order valence-electron chi connectivity index (χ1n) is 7.82. The normalized spacial score (nSPS) is 16.6. The van der Waals surface area contributed by atoms with Crippen LogP contribution in [0.25, 0.3) is 6.08 Å². The Kier molecular flexibility index (Phi) is 6.18. The van der Waals surface area contributed by atoms with Gasteiger partial charge >= 0.3 is 5.97 Å². The summed E-state index contributed by atoms with van der Waals surface area (Å²) in [6.07, 6.45) is 1.59. The van der Waals surface area contributed by atoms with Crippen LogP contribution in [0.15, 0.2) is 29.2 Å². The van der Waals surface area contributed by atoms with Crippen molar-refractivity contribution in [2.24, 2.45) is 0 Å². The van der Waals surface area contributed by atoms with Crippen LogP contribution in [0.3, 0.4) is 0 Å². The van der Waals surface area contributed by atoms with Crippen molar-refractivity contribution in [1.29, 1.82) is 0 Å². The van der Waals surface area contributed by atoms with E-state index in [1.54, 1.807) is 19.9 Å². The molecule has 1 aromatic rings. The van der Waals surface area contributed by atoms with E-state index in [0.717, 1.165) is 5.56 Å². The zero-order valence-corrected chi connectivity index (χ0v) is 15.9. The third-order valence-corrected chi connectivity index (χ3v) is 4.81. The third-order valence-electron chi connectivity index (χ3n) is 3.43. The molecule has 0 saturated carbocycles. The van der Waals surface area contributed by atoms with Crippen LogP contribution >= 0.6 is 24.0 Å². The smallest absolute Gasteiger partial charge is 0.326 e. The first-order chi connectivity index (χ1) is 11.3. The second-order valence-electron chi connectivity index (χ2n) is 6.13. The van der Waals surface area contributed by atoms with Crippen LogP contribution in [0.5, 0.6) is 0 Å². The van der Waals surface area contributed by atoms with Crippen molar-refractivity contribution in [3.8, 4) is 0 Å². The molecule has 0 N–H and O–H groups in total. The van der Waals surface area contributed by atoms with Gasteiger partial charge in [-0.1, -0.05) is 62.1 Å². The lowest BCUT2D eigenvalue weighted by Gasteiger charge is -2.14. The van der Waals surface area contributed by atoms with Crippen molar-refractivity contribution in [3.05, 3.63) is 40.3 Å². The van der Waals surface area contributed by atoms with Crippen molar-refractivity contribution in [2.75, 3.05) is 6.54 Å². The van der Waals surface area contributed by atoms with E-state index in [1.165, 1.54) is 22.2 Å². The lowest BCUT2D eigenvalue weighted by molar-refractivity contribution is -0.149. The molecule has 1 aromatic carbocycles. The number of ether oxygens (including phenoxy) is 1. The predicted octanol–water partition coefficient (Wildman–Crippen LogP) is 3.96. The van der Waals surface area contributed by atoms with Gasteiger partial charge in [0.05, 0.1) is 11.0 Å². The van der Waals surface area contributed by atoms with Gasteiger partial charge in [-0.05, 0) is 37.0 Å². The number of rotatable bonds is 5. The topological polar surface area (TPSA) is 46.6 Å². The number of hydrogen-bond donors (Lipinski definition) is 0. The molecule has 0 unspecified atom stereocenters. The maximum Gasteiger partial charge on any atom is 0.326 e. The molecule has 0 bridgehead atoms. The Morgan fingerprint density at radius 1 is 1.25 bits per heavy atom. The van der Waals surface area contributed by atoms with Crippen LogP contribution < -0.4 is 0 Å². The molecule has 128 valence electrons. The van der Waals surface area contributed by atoms with Gasteiger partial charge in [0.2, 0.25) is 0 Å². The molecule has 0 aromatic heterocycles. The molecule has 0 spiro atoms. The van der Waals surface area contributed by atoms with E-state index in [9.17, 15) is 9.59 Å². The fraction of sp³-hybridized carbons (Fsp3) is 0.389. The summed E-state index contributed by atoms with van der Waals surface area (Å²) in [7, 11) is 0. The minimum absolute atomic E-state index is 0.146. The molecule has 1 amide bonds. The zero-order chi connectivity index (χ0) is 17.9. The number of nitrogens with zero attached hydrogens (tertiary/aromatic N) is 1. The molecule has 0 atom stereocenters. The minimum Gasteiger partial charge on any atom is -0.462 e. The molecule has 4 nitrogen and oxygen atoms in total. The largest absolute Gasteiger partial charge is 0.462 e. The molecule has 6 heteroatoms. The molecular weight excluding hydrogens is 342 g/mol. The van der Waals surface area contributed by atoms with Gasteiger partial charge in [0.15, 0.2) is 0 Å². The molecule has 24 heavy (non-hydrogen) atoms. The Morgan fingerprint density at radius 2 is 1.88 bits per heavy atom. The first kappa shape index (κ1) is 18.7. The molecule has 1 fully saturated rings. The van der Waals surface area contributed by atoms with Crippen LogP contribution in [-0.4, -0.2) is 33.7 Å². The Bertz CT molecular complexity index is 678. The fourth-order valence-corrected chi connectivity index (χ4v) is 3.45. The van der Waals surface area contributed by atoms with Gasteiger partial charge < -0.3 is 4.74 Å². The highest BCUT2D eigenvalue weighted by atomic mass is 32.2. The molecule has 2 rings (SSSR count). The molecule has 0 radical (unpaired) electrons. The average molecular weight is 364 g/mol. The monoisotopic (exact) mass is 363 g/mol. The lowest BCUT2D eigenvalue weighted by atomic mass is 10.0. The molecule has 1 heterocycles. The summed E-state index contributed by atoms with van der Waals surface area (Å²) in [6.45, 7) is 7.66. The Morgan fingerprint density at radius 3 is 2.42 bits per heavy atom. The summed E-state index contributed by atoms with van der Waals surface area (Å²) in [5.41, 5.74) is 2.18. The first-order valence-corrected chi connectivity index (χ1v) is 9.05. The van der Waals surface area contributed by atoms with Crippen LogP contribution in [0.4, 0.5) is 0 Å².